The number of piperidine rings is 1. The van der Waals surface area contributed by atoms with Crippen molar-refractivity contribution in [2.24, 2.45) is 0 Å². The maximum Gasteiger partial charge on any atom is 0.237 e. The SMILES string of the molecule is C[C@@H]1C[C@H](F)CN1C(=O)CN1CCC(Nc2cc(F)cc3ncccc23)CC1. The summed E-state index contributed by atoms with van der Waals surface area (Å²) in [5.74, 6) is -0.288. The third-order valence-corrected chi connectivity index (χ3v) is 5.84. The summed E-state index contributed by atoms with van der Waals surface area (Å²) >= 11 is 0. The van der Waals surface area contributed by atoms with Crippen molar-refractivity contribution >= 4 is 22.5 Å². The zero-order valence-corrected chi connectivity index (χ0v) is 16.1. The van der Waals surface area contributed by atoms with E-state index < -0.39 is 6.17 Å². The number of nitrogens with one attached hydrogen (secondary N) is 1. The first-order valence-corrected chi connectivity index (χ1v) is 9.96. The van der Waals surface area contributed by atoms with Crippen LogP contribution in [0.15, 0.2) is 30.5 Å². The van der Waals surface area contributed by atoms with E-state index in [1.165, 1.54) is 12.1 Å². The van der Waals surface area contributed by atoms with Crippen molar-refractivity contribution in [3.8, 4) is 0 Å². The summed E-state index contributed by atoms with van der Waals surface area (Å²) in [5.41, 5.74) is 1.40. The molecule has 4 rings (SSSR count). The largest absolute Gasteiger partial charge is 0.382 e. The molecule has 28 heavy (non-hydrogen) atoms. The number of carbonyl (C=O) groups excluding carboxylic acids is 1. The molecule has 2 atom stereocenters. The fourth-order valence-electron chi connectivity index (χ4n) is 4.32. The molecule has 2 aliphatic heterocycles. The Morgan fingerprint density at radius 1 is 1.32 bits per heavy atom. The molecule has 1 aromatic carbocycles. The summed E-state index contributed by atoms with van der Waals surface area (Å²) in [5, 5.41) is 4.36. The van der Waals surface area contributed by atoms with Gasteiger partial charge in [-0.1, -0.05) is 0 Å². The van der Waals surface area contributed by atoms with Crippen LogP contribution in [-0.4, -0.2) is 65.1 Å². The van der Waals surface area contributed by atoms with Crippen LogP contribution in [0, 0.1) is 5.82 Å². The number of rotatable bonds is 4. The topological polar surface area (TPSA) is 48.5 Å². The number of alkyl halides is 1. The Morgan fingerprint density at radius 3 is 2.82 bits per heavy atom. The standard InChI is InChI=1S/C21H26F2N4O/c1-14-9-16(23)12-27(14)21(28)13-26-7-4-17(5-8-26)25-20-11-15(22)10-19-18(20)3-2-6-24-19/h2-3,6,10-11,14,16-17,25H,4-5,7-9,12-13H2,1H3/t14-,16+/m1/s1. The zero-order valence-electron chi connectivity index (χ0n) is 16.1. The highest BCUT2D eigenvalue weighted by molar-refractivity contribution is 5.91. The molecule has 0 bridgehead atoms. The first kappa shape index (κ1) is 19.1. The van der Waals surface area contributed by atoms with Crippen molar-refractivity contribution < 1.29 is 13.6 Å². The van der Waals surface area contributed by atoms with E-state index in [1.807, 2.05) is 19.1 Å². The molecule has 0 saturated carbocycles. The van der Waals surface area contributed by atoms with Crippen molar-refractivity contribution in [3.05, 3.63) is 36.3 Å². The van der Waals surface area contributed by atoms with Crippen LogP contribution < -0.4 is 5.32 Å². The Morgan fingerprint density at radius 2 is 2.11 bits per heavy atom. The molecule has 0 aliphatic carbocycles. The molecule has 2 aromatic rings. The summed E-state index contributed by atoms with van der Waals surface area (Å²) in [6.45, 7) is 4.05. The van der Waals surface area contributed by atoms with Gasteiger partial charge in [-0.25, -0.2) is 8.78 Å². The molecule has 2 saturated heterocycles. The number of benzene rings is 1. The molecule has 2 fully saturated rings. The molecule has 0 unspecified atom stereocenters. The van der Waals surface area contributed by atoms with Gasteiger partial charge in [0.15, 0.2) is 0 Å². The Hall–Kier alpha value is -2.28. The Kier molecular flexibility index (Phi) is 5.44. The van der Waals surface area contributed by atoms with Crippen molar-refractivity contribution in [3.63, 3.8) is 0 Å². The van der Waals surface area contributed by atoms with Gasteiger partial charge in [0.05, 0.1) is 18.6 Å². The number of halogens is 2. The Bertz CT molecular complexity index is 853. The van der Waals surface area contributed by atoms with Crippen LogP contribution in [0.5, 0.6) is 0 Å². The molecule has 150 valence electrons. The third kappa shape index (κ3) is 4.09. The lowest BCUT2D eigenvalue weighted by molar-refractivity contribution is -0.133. The summed E-state index contributed by atoms with van der Waals surface area (Å²) in [4.78, 5) is 20.5. The van der Waals surface area contributed by atoms with Crippen molar-refractivity contribution in [2.45, 2.75) is 44.4 Å². The van der Waals surface area contributed by atoms with E-state index in [0.717, 1.165) is 37.0 Å². The zero-order chi connectivity index (χ0) is 19.7. The molecule has 0 radical (unpaired) electrons. The van der Waals surface area contributed by atoms with E-state index in [-0.39, 0.29) is 30.4 Å². The first-order valence-electron chi connectivity index (χ1n) is 9.96. The number of likely N-dealkylation sites (tertiary alicyclic amines) is 2. The lowest BCUT2D eigenvalue weighted by atomic mass is 10.0. The molecular weight excluding hydrogens is 362 g/mol. The van der Waals surface area contributed by atoms with Gasteiger partial charge >= 0.3 is 0 Å². The van der Waals surface area contributed by atoms with Crippen molar-refractivity contribution in [1.29, 1.82) is 0 Å². The lowest BCUT2D eigenvalue weighted by Crippen LogP contribution is -2.46. The minimum absolute atomic E-state index is 0.0151. The predicted octanol–water partition coefficient (Wildman–Crippen LogP) is 3.21. The highest BCUT2D eigenvalue weighted by Gasteiger charge is 2.33. The number of aromatic nitrogens is 1. The van der Waals surface area contributed by atoms with E-state index >= 15 is 0 Å². The van der Waals surface area contributed by atoms with Crippen LogP contribution in [0.25, 0.3) is 10.9 Å². The minimum atomic E-state index is -0.899. The first-order chi connectivity index (χ1) is 13.5. The second-order valence-corrected chi connectivity index (χ2v) is 7.95. The quantitative estimate of drug-likeness (QED) is 0.874. The highest BCUT2D eigenvalue weighted by atomic mass is 19.1. The minimum Gasteiger partial charge on any atom is -0.382 e. The monoisotopic (exact) mass is 388 g/mol. The van der Waals surface area contributed by atoms with Crippen LogP contribution in [0.1, 0.15) is 26.2 Å². The molecule has 7 heteroatoms. The number of pyridine rings is 1. The molecule has 5 nitrogen and oxygen atoms in total. The average Bonchev–Trinajstić information content (AvgIpc) is 3.01. The van der Waals surface area contributed by atoms with Crippen molar-refractivity contribution in [1.82, 2.24) is 14.8 Å². The second-order valence-electron chi connectivity index (χ2n) is 7.95. The maximum absolute atomic E-state index is 13.9. The molecule has 1 aromatic heterocycles. The number of hydrogen-bond donors (Lipinski definition) is 1. The third-order valence-electron chi connectivity index (χ3n) is 5.84. The van der Waals surface area contributed by atoms with Gasteiger partial charge < -0.3 is 10.2 Å². The summed E-state index contributed by atoms with van der Waals surface area (Å²) < 4.78 is 27.4. The van der Waals surface area contributed by atoms with Gasteiger partial charge in [-0.3, -0.25) is 14.7 Å². The number of amides is 1. The summed E-state index contributed by atoms with van der Waals surface area (Å²) in [6, 6.07) is 6.95. The number of fused-ring (bicyclic) bond motifs is 1. The van der Waals surface area contributed by atoms with Crippen LogP contribution in [0.2, 0.25) is 0 Å². The van der Waals surface area contributed by atoms with E-state index in [2.05, 4.69) is 15.2 Å². The number of nitrogens with zero attached hydrogens (tertiary/aromatic N) is 3. The fraction of sp³-hybridized carbons (Fsp3) is 0.524. The highest BCUT2D eigenvalue weighted by Crippen LogP contribution is 2.26. The predicted molar refractivity (Wildman–Crippen MR) is 105 cm³/mol. The Labute approximate surface area is 163 Å². The van der Waals surface area contributed by atoms with Gasteiger partial charge in [-0.15, -0.1) is 0 Å². The van der Waals surface area contributed by atoms with E-state index in [0.29, 0.717) is 18.5 Å². The molecule has 3 heterocycles. The van der Waals surface area contributed by atoms with Crippen LogP contribution in [0.4, 0.5) is 14.5 Å². The molecular formula is C21H26F2N4O. The smallest absolute Gasteiger partial charge is 0.237 e. The van der Waals surface area contributed by atoms with Crippen LogP contribution in [-0.2, 0) is 4.79 Å². The van der Waals surface area contributed by atoms with Gasteiger partial charge in [0.2, 0.25) is 5.91 Å². The molecule has 1 N–H and O–H groups in total. The van der Waals surface area contributed by atoms with E-state index in [1.54, 1.807) is 11.1 Å². The van der Waals surface area contributed by atoms with E-state index in [4.69, 9.17) is 0 Å². The maximum atomic E-state index is 13.9. The normalized spacial score (nSPS) is 24.0. The number of anilines is 1. The van der Waals surface area contributed by atoms with Crippen LogP contribution >= 0.6 is 0 Å². The fourth-order valence-corrected chi connectivity index (χ4v) is 4.32. The molecule has 2 aliphatic rings. The van der Waals surface area contributed by atoms with Crippen LogP contribution in [0.3, 0.4) is 0 Å². The van der Waals surface area contributed by atoms with Gasteiger partial charge in [-0.05, 0) is 38.0 Å². The van der Waals surface area contributed by atoms with Gasteiger partial charge in [0, 0.05) is 54.9 Å². The van der Waals surface area contributed by atoms with E-state index in [9.17, 15) is 13.6 Å². The Balaban J connectivity index is 1.33. The van der Waals surface area contributed by atoms with Crippen molar-refractivity contribution in [2.75, 3.05) is 31.5 Å². The number of carbonyl (C=O) groups is 1. The van der Waals surface area contributed by atoms with Gasteiger partial charge in [0.25, 0.3) is 0 Å². The van der Waals surface area contributed by atoms with Gasteiger partial charge in [-0.2, -0.15) is 0 Å². The summed E-state index contributed by atoms with van der Waals surface area (Å²) in [7, 11) is 0. The average molecular weight is 388 g/mol. The van der Waals surface area contributed by atoms with Gasteiger partial charge in [0.1, 0.15) is 12.0 Å². The summed E-state index contributed by atoms with van der Waals surface area (Å²) in [6.07, 6.45) is 2.94. The molecule has 0 spiro atoms. The lowest BCUT2D eigenvalue weighted by Gasteiger charge is -2.34. The second kappa shape index (κ2) is 7.99. The number of hydrogen-bond acceptors (Lipinski definition) is 4. The molecule has 1 amide bonds.